The summed E-state index contributed by atoms with van der Waals surface area (Å²) in [6.07, 6.45) is 3.07. The summed E-state index contributed by atoms with van der Waals surface area (Å²) in [5.74, 6) is 1.96. The molecule has 2 aromatic heterocycles. The first kappa shape index (κ1) is 15.2. The SMILES string of the molecule is CCCNc1nc(CC(C)(C)C)nc2sc(CC)cc12. The van der Waals surface area contributed by atoms with E-state index >= 15 is 0 Å². The van der Waals surface area contributed by atoms with Crippen molar-refractivity contribution in [2.24, 2.45) is 5.41 Å². The summed E-state index contributed by atoms with van der Waals surface area (Å²) in [6.45, 7) is 12.0. The lowest BCUT2D eigenvalue weighted by atomic mass is 9.92. The largest absolute Gasteiger partial charge is 0.369 e. The van der Waals surface area contributed by atoms with Crippen LogP contribution in [0.5, 0.6) is 0 Å². The summed E-state index contributed by atoms with van der Waals surface area (Å²) >= 11 is 1.79. The van der Waals surface area contributed by atoms with Crippen molar-refractivity contribution in [1.29, 1.82) is 0 Å². The Morgan fingerprint density at radius 3 is 2.55 bits per heavy atom. The highest BCUT2D eigenvalue weighted by Gasteiger charge is 2.17. The van der Waals surface area contributed by atoms with Crippen LogP contribution < -0.4 is 5.32 Å². The van der Waals surface area contributed by atoms with Crippen LogP contribution in [0.4, 0.5) is 5.82 Å². The number of hydrogen-bond acceptors (Lipinski definition) is 4. The molecule has 0 aliphatic carbocycles. The fraction of sp³-hybridized carbons (Fsp3) is 0.625. The van der Waals surface area contributed by atoms with Crippen molar-refractivity contribution in [3.8, 4) is 0 Å². The molecule has 1 N–H and O–H groups in total. The summed E-state index contributed by atoms with van der Waals surface area (Å²) in [7, 11) is 0. The first-order valence-electron chi connectivity index (χ1n) is 7.46. The zero-order valence-electron chi connectivity index (χ0n) is 13.2. The fourth-order valence-electron chi connectivity index (χ4n) is 2.12. The van der Waals surface area contributed by atoms with Gasteiger partial charge in [0.2, 0.25) is 0 Å². The van der Waals surface area contributed by atoms with Gasteiger partial charge >= 0.3 is 0 Å². The Hall–Kier alpha value is -1.16. The molecule has 0 saturated carbocycles. The Kier molecular flexibility index (Phi) is 4.63. The van der Waals surface area contributed by atoms with E-state index in [1.165, 1.54) is 10.3 Å². The van der Waals surface area contributed by atoms with Gasteiger partial charge in [0.25, 0.3) is 0 Å². The number of anilines is 1. The van der Waals surface area contributed by atoms with Gasteiger partial charge < -0.3 is 5.32 Å². The van der Waals surface area contributed by atoms with Crippen LogP contribution >= 0.6 is 11.3 Å². The summed E-state index contributed by atoms with van der Waals surface area (Å²) in [4.78, 5) is 12.0. The summed E-state index contributed by atoms with van der Waals surface area (Å²) in [5.41, 5.74) is 0.209. The van der Waals surface area contributed by atoms with E-state index in [1.54, 1.807) is 11.3 Å². The van der Waals surface area contributed by atoms with Gasteiger partial charge in [-0.15, -0.1) is 11.3 Å². The number of nitrogens with one attached hydrogen (secondary N) is 1. The Bertz CT molecular complexity index is 581. The van der Waals surface area contributed by atoms with Gasteiger partial charge in [-0.25, -0.2) is 9.97 Å². The molecule has 0 bridgehead atoms. The zero-order valence-corrected chi connectivity index (χ0v) is 14.0. The highest BCUT2D eigenvalue weighted by Crippen LogP contribution is 2.30. The van der Waals surface area contributed by atoms with Crippen LogP contribution in [0.3, 0.4) is 0 Å². The predicted molar refractivity (Wildman–Crippen MR) is 88.7 cm³/mol. The maximum absolute atomic E-state index is 4.77. The van der Waals surface area contributed by atoms with Gasteiger partial charge in [-0.2, -0.15) is 0 Å². The summed E-state index contributed by atoms with van der Waals surface area (Å²) < 4.78 is 0. The molecule has 0 aromatic carbocycles. The molecule has 0 unspecified atom stereocenters. The lowest BCUT2D eigenvalue weighted by Gasteiger charge is -2.17. The predicted octanol–water partition coefficient (Wildman–Crippen LogP) is 4.66. The number of rotatable bonds is 5. The molecular formula is C16H25N3S. The van der Waals surface area contributed by atoms with Crippen molar-refractivity contribution in [2.75, 3.05) is 11.9 Å². The molecule has 20 heavy (non-hydrogen) atoms. The molecule has 3 nitrogen and oxygen atoms in total. The van der Waals surface area contributed by atoms with Crippen molar-refractivity contribution in [3.05, 3.63) is 16.8 Å². The first-order valence-corrected chi connectivity index (χ1v) is 8.27. The average molecular weight is 291 g/mol. The smallest absolute Gasteiger partial charge is 0.138 e. The minimum absolute atomic E-state index is 0.209. The topological polar surface area (TPSA) is 37.8 Å². The van der Waals surface area contributed by atoms with Gasteiger partial charge in [0.1, 0.15) is 16.5 Å². The zero-order chi connectivity index (χ0) is 14.8. The third-order valence-corrected chi connectivity index (χ3v) is 4.24. The number of thiophene rings is 1. The van der Waals surface area contributed by atoms with Crippen molar-refractivity contribution >= 4 is 27.4 Å². The van der Waals surface area contributed by atoms with Crippen molar-refractivity contribution < 1.29 is 0 Å². The Labute approximate surface area is 125 Å². The molecule has 2 rings (SSSR count). The van der Waals surface area contributed by atoms with Gasteiger partial charge in [0, 0.05) is 17.8 Å². The van der Waals surface area contributed by atoms with Gasteiger partial charge in [-0.05, 0) is 24.3 Å². The van der Waals surface area contributed by atoms with E-state index in [2.05, 4.69) is 46.0 Å². The summed E-state index contributed by atoms with van der Waals surface area (Å²) in [6, 6.07) is 2.23. The van der Waals surface area contributed by atoms with Crippen molar-refractivity contribution in [2.45, 2.75) is 53.9 Å². The molecule has 2 aromatic rings. The van der Waals surface area contributed by atoms with Crippen LogP contribution in [0.1, 0.15) is 51.7 Å². The fourth-order valence-corrected chi connectivity index (χ4v) is 3.11. The normalized spacial score (nSPS) is 12.1. The molecule has 0 atom stereocenters. The Morgan fingerprint density at radius 2 is 1.95 bits per heavy atom. The van der Waals surface area contributed by atoms with Gasteiger partial charge in [0.05, 0.1) is 5.39 Å². The number of hydrogen-bond donors (Lipinski definition) is 1. The number of aromatic nitrogens is 2. The monoisotopic (exact) mass is 291 g/mol. The van der Waals surface area contributed by atoms with Crippen molar-refractivity contribution in [1.82, 2.24) is 9.97 Å². The van der Waals surface area contributed by atoms with Gasteiger partial charge in [-0.1, -0.05) is 34.6 Å². The Morgan fingerprint density at radius 1 is 1.20 bits per heavy atom. The molecule has 0 spiro atoms. The second kappa shape index (κ2) is 6.08. The van der Waals surface area contributed by atoms with Gasteiger partial charge in [-0.3, -0.25) is 0 Å². The second-order valence-electron chi connectivity index (χ2n) is 6.44. The van der Waals surface area contributed by atoms with Crippen LogP contribution in [0, 0.1) is 5.41 Å². The van der Waals surface area contributed by atoms with E-state index in [-0.39, 0.29) is 5.41 Å². The van der Waals surface area contributed by atoms with E-state index in [0.717, 1.165) is 42.3 Å². The lowest BCUT2D eigenvalue weighted by Crippen LogP contribution is -2.13. The molecule has 0 aliphatic rings. The lowest BCUT2D eigenvalue weighted by molar-refractivity contribution is 0.401. The van der Waals surface area contributed by atoms with Crippen LogP contribution in [0.25, 0.3) is 10.2 Å². The molecular weight excluding hydrogens is 266 g/mol. The van der Waals surface area contributed by atoms with Crippen LogP contribution in [0.2, 0.25) is 0 Å². The number of aryl methyl sites for hydroxylation is 1. The second-order valence-corrected chi connectivity index (χ2v) is 7.55. The molecule has 110 valence electrons. The first-order chi connectivity index (χ1) is 9.43. The van der Waals surface area contributed by atoms with E-state index in [4.69, 9.17) is 9.97 Å². The Balaban J connectivity index is 2.45. The molecule has 0 saturated heterocycles. The van der Waals surface area contributed by atoms with E-state index in [0.29, 0.717) is 0 Å². The number of fused-ring (bicyclic) bond motifs is 1. The molecule has 2 heterocycles. The molecule has 0 aliphatic heterocycles. The van der Waals surface area contributed by atoms with E-state index in [9.17, 15) is 0 Å². The van der Waals surface area contributed by atoms with Gasteiger partial charge in [0.15, 0.2) is 0 Å². The molecule has 0 fully saturated rings. The van der Waals surface area contributed by atoms with Crippen molar-refractivity contribution in [3.63, 3.8) is 0 Å². The quantitative estimate of drug-likeness (QED) is 0.870. The third kappa shape index (κ3) is 3.69. The minimum Gasteiger partial charge on any atom is -0.369 e. The average Bonchev–Trinajstić information content (AvgIpc) is 2.76. The highest BCUT2D eigenvalue weighted by molar-refractivity contribution is 7.18. The van der Waals surface area contributed by atoms with Crippen LogP contribution in [-0.4, -0.2) is 16.5 Å². The standard InChI is InChI=1S/C16H25N3S/c1-6-8-17-14-12-9-11(7-2)20-15(12)19-13(18-14)10-16(3,4)5/h9H,6-8,10H2,1-5H3,(H,17,18,19). The molecule has 4 heteroatoms. The molecule has 0 amide bonds. The van der Waals surface area contributed by atoms with Crippen LogP contribution in [0.15, 0.2) is 6.07 Å². The summed E-state index contributed by atoms with van der Waals surface area (Å²) in [5, 5.41) is 4.64. The van der Waals surface area contributed by atoms with E-state index in [1.807, 2.05) is 0 Å². The number of nitrogens with zero attached hydrogens (tertiary/aromatic N) is 2. The molecule has 0 radical (unpaired) electrons. The highest BCUT2D eigenvalue weighted by atomic mass is 32.1. The maximum Gasteiger partial charge on any atom is 0.138 e. The van der Waals surface area contributed by atoms with Crippen LogP contribution in [-0.2, 0) is 12.8 Å². The maximum atomic E-state index is 4.77. The van der Waals surface area contributed by atoms with E-state index < -0.39 is 0 Å². The minimum atomic E-state index is 0.209. The third-order valence-electron chi connectivity index (χ3n) is 3.07.